The highest BCUT2D eigenvalue weighted by molar-refractivity contribution is 5.72. The Bertz CT molecular complexity index is 1360. The lowest BCUT2D eigenvalue weighted by atomic mass is 9.85. The Morgan fingerprint density at radius 3 is 2.30 bits per heavy atom. The number of fused-ring (bicyclic) bond motifs is 1. The molecule has 1 saturated heterocycles. The molecule has 0 aliphatic carbocycles. The van der Waals surface area contributed by atoms with Gasteiger partial charge in [0.15, 0.2) is 0 Å². The fourth-order valence-electron chi connectivity index (χ4n) is 5.38. The summed E-state index contributed by atoms with van der Waals surface area (Å²) >= 11 is 0. The van der Waals surface area contributed by atoms with Crippen LogP contribution in [-0.4, -0.2) is 17.7 Å². The van der Waals surface area contributed by atoms with Crippen LogP contribution in [0.1, 0.15) is 89.5 Å². The van der Waals surface area contributed by atoms with Crippen LogP contribution in [0.25, 0.3) is 5.70 Å². The number of nitrogens with one attached hydrogen (secondary N) is 2. The van der Waals surface area contributed by atoms with E-state index in [4.69, 9.17) is 0 Å². The highest BCUT2D eigenvalue weighted by atomic mass is 19.1. The zero-order valence-corrected chi connectivity index (χ0v) is 27.3. The van der Waals surface area contributed by atoms with Crippen LogP contribution in [0.4, 0.5) is 4.39 Å². The minimum Gasteiger partial charge on any atom is -0.364 e. The molecule has 3 aliphatic rings. The third-order valence-electron chi connectivity index (χ3n) is 7.41. The van der Waals surface area contributed by atoms with Gasteiger partial charge >= 0.3 is 0 Å². The Balaban J connectivity index is 0.00000101. The van der Waals surface area contributed by atoms with Crippen LogP contribution in [-0.2, 0) is 12.1 Å². The molecule has 5 rings (SSSR count). The summed E-state index contributed by atoms with van der Waals surface area (Å²) < 4.78 is 13.9. The van der Waals surface area contributed by atoms with Gasteiger partial charge in [0.25, 0.3) is 0 Å². The number of allylic oxidation sites excluding steroid dienone is 6. The third kappa shape index (κ3) is 8.47. The minimum absolute atomic E-state index is 0.246. The van der Waals surface area contributed by atoms with Crippen LogP contribution >= 0.6 is 0 Å². The van der Waals surface area contributed by atoms with E-state index < -0.39 is 5.54 Å². The summed E-state index contributed by atoms with van der Waals surface area (Å²) in [5, 5.41) is 6.84. The first kappa shape index (κ1) is 35.1. The summed E-state index contributed by atoms with van der Waals surface area (Å²) in [6.07, 6.45) is 14.3. The molecule has 3 aliphatic heterocycles. The summed E-state index contributed by atoms with van der Waals surface area (Å²) in [6.45, 7) is 28.0. The second-order valence-corrected chi connectivity index (χ2v) is 9.92. The van der Waals surface area contributed by atoms with Crippen molar-refractivity contribution in [1.82, 2.24) is 15.5 Å². The predicted molar refractivity (Wildman–Crippen MR) is 185 cm³/mol. The highest BCUT2D eigenvalue weighted by Crippen LogP contribution is 2.40. The van der Waals surface area contributed by atoms with Crippen LogP contribution in [0.3, 0.4) is 0 Å². The maximum Gasteiger partial charge on any atom is 0.123 e. The van der Waals surface area contributed by atoms with Gasteiger partial charge in [-0.05, 0) is 54.7 Å². The maximum absolute atomic E-state index is 13.9. The molecule has 2 atom stereocenters. The molecule has 43 heavy (non-hydrogen) atoms. The Morgan fingerprint density at radius 1 is 0.953 bits per heavy atom. The quantitative estimate of drug-likeness (QED) is 0.377. The summed E-state index contributed by atoms with van der Waals surface area (Å²) in [7, 11) is 0. The Kier molecular flexibility index (Phi) is 14.0. The first-order valence-corrected chi connectivity index (χ1v) is 15.7. The second kappa shape index (κ2) is 17.1. The molecule has 1 fully saturated rings. The smallest absolute Gasteiger partial charge is 0.123 e. The van der Waals surface area contributed by atoms with Gasteiger partial charge in [0.05, 0.1) is 12.4 Å². The molecule has 1 unspecified atom stereocenters. The van der Waals surface area contributed by atoms with Crippen molar-refractivity contribution in [2.24, 2.45) is 4.99 Å². The van der Waals surface area contributed by atoms with Crippen LogP contribution in [0.2, 0.25) is 0 Å². The van der Waals surface area contributed by atoms with Crippen molar-refractivity contribution in [2.75, 3.05) is 6.54 Å². The van der Waals surface area contributed by atoms with Crippen molar-refractivity contribution < 1.29 is 4.39 Å². The second-order valence-electron chi connectivity index (χ2n) is 9.92. The monoisotopic (exact) mass is 582 g/mol. The Morgan fingerprint density at radius 2 is 1.65 bits per heavy atom. The molecular formula is C38H51FN4. The molecule has 0 aromatic heterocycles. The summed E-state index contributed by atoms with van der Waals surface area (Å²) in [5.41, 5.74) is 6.39. The van der Waals surface area contributed by atoms with E-state index in [0.717, 1.165) is 46.6 Å². The van der Waals surface area contributed by atoms with Gasteiger partial charge in [0, 0.05) is 41.3 Å². The van der Waals surface area contributed by atoms with Gasteiger partial charge in [0.2, 0.25) is 0 Å². The average Bonchev–Trinajstić information content (AvgIpc) is 3.48. The lowest BCUT2D eigenvalue weighted by molar-refractivity contribution is 0.303. The fourth-order valence-corrected chi connectivity index (χ4v) is 5.38. The van der Waals surface area contributed by atoms with Crippen LogP contribution in [0.5, 0.6) is 0 Å². The zero-order chi connectivity index (χ0) is 32.0. The molecule has 0 bridgehead atoms. The van der Waals surface area contributed by atoms with Crippen molar-refractivity contribution in [3.05, 3.63) is 138 Å². The highest BCUT2D eigenvalue weighted by Gasteiger charge is 2.43. The molecule has 2 aromatic carbocycles. The number of rotatable bonds is 4. The van der Waals surface area contributed by atoms with E-state index >= 15 is 0 Å². The van der Waals surface area contributed by atoms with Crippen molar-refractivity contribution in [3.8, 4) is 0 Å². The lowest BCUT2D eigenvalue weighted by Crippen LogP contribution is -2.46. The molecule has 3 heterocycles. The SMILES string of the molecule is C=C1NC(=C)[C@@](CN2Cc3ccc(F)cc3C2=C)(c2ccc(C3/C=C/C=C\C=N\C(C)=C\CC3)cc2)N1.CC.CC.CC. The molecule has 2 N–H and O–H groups in total. The Labute approximate surface area is 260 Å². The Hall–Kier alpha value is -4.12. The van der Waals surface area contributed by atoms with Gasteiger partial charge < -0.3 is 15.5 Å². The zero-order valence-electron chi connectivity index (χ0n) is 27.3. The average molecular weight is 583 g/mol. The fraction of sp³-hybridized carbons (Fsp3) is 0.342. The molecule has 2 aromatic rings. The normalized spacial score (nSPS) is 24.0. The molecular weight excluding hydrogens is 531 g/mol. The van der Waals surface area contributed by atoms with E-state index in [0.29, 0.717) is 24.8 Å². The number of hydrogen-bond acceptors (Lipinski definition) is 4. The van der Waals surface area contributed by atoms with Gasteiger partial charge in [-0.3, -0.25) is 4.99 Å². The first-order valence-electron chi connectivity index (χ1n) is 15.7. The summed E-state index contributed by atoms with van der Waals surface area (Å²) in [4.78, 5) is 6.61. The van der Waals surface area contributed by atoms with Crippen molar-refractivity contribution >= 4 is 11.9 Å². The number of aliphatic imine (C=N–C) groups is 1. The van der Waals surface area contributed by atoms with Crippen molar-refractivity contribution in [1.29, 1.82) is 0 Å². The molecule has 0 spiro atoms. The van der Waals surface area contributed by atoms with Gasteiger partial charge in [-0.2, -0.15) is 0 Å². The lowest BCUT2D eigenvalue weighted by Gasteiger charge is -2.36. The minimum atomic E-state index is -0.594. The number of halogens is 1. The molecule has 0 saturated carbocycles. The molecule has 4 nitrogen and oxygen atoms in total. The van der Waals surface area contributed by atoms with Crippen molar-refractivity contribution in [2.45, 2.75) is 79.3 Å². The van der Waals surface area contributed by atoms with Gasteiger partial charge in [-0.15, -0.1) is 0 Å². The third-order valence-corrected chi connectivity index (χ3v) is 7.41. The summed E-state index contributed by atoms with van der Waals surface area (Å²) in [5.74, 6) is 0.765. The van der Waals surface area contributed by atoms with E-state index in [2.05, 4.69) is 82.8 Å². The van der Waals surface area contributed by atoms with E-state index in [9.17, 15) is 4.39 Å². The predicted octanol–water partition coefficient (Wildman–Crippen LogP) is 9.73. The van der Waals surface area contributed by atoms with E-state index in [-0.39, 0.29) is 5.82 Å². The van der Waals surface area contributed by atoms with Gasteiger partial charge in [-0.25, -0.2) is 4.39 Å². The van der Waals surface area contributed by atoms with Gasteiger partial charge in [0.1, 0.15) is 11.4 Å². The van der Waals surface area contributed by atoms with Crippen molar-refractivity contribution in [3.63, 3.8) is 0 Å². The molecule has 0 radical (unpaired) electrons. The standard InChI is InChI=1S/C32H33FN4.3C2H6/c1-22-9-8-11-26(10-6-5-7-18-34-22)27-12-15-29(16-13-27)32(24(3)35-25(4)36-32)21-37-20-28-14-17-30(33)19-31(28)23(37)2;3*1-2/h5-7,9-10,12-19,26,35-36H,2-4,8,11,20-21H2,1H3;3*1-2H3/b7-5-,10-6+,22-9+,34-18+;;;/t26?,32-;;;/m0.../s1. The maximum atomic E-state index is 13.9. The topological polar surface area (TPSA) is 39.7 Å². The van der Waals surface area contributed by atoms with Crippen LogP contribution in [0.15, 0.2) is 115 Å². The number of benzene rings is 2. The summed E-state index contributed by atoms with van der Waals surface area (Å²) in [6, 6.07) is 13.7. The van der Waals surface area contributed by atoms with Crippen LogP contribution < -0.4 is 10.6 Å². The van der Waals surface area contributed by atoms with Crippen LogP contribution in [0, 0.1) is 5.82 Å². The number of hydrogen-bond donors (Lipinski definition) is 2. The largest absolute Gasteiger partial charge is 0.364 e. The number of nitrogens with zero attached hydrogens (tertiary/aromatic N) is 2. The molecule has 230 valence electrons. The van der Waals surface area contributed by atoms with E-state index in [1.165, 1.54) is 11.6 Å². The molecule has 0 amide bonds. The van der Waals surface area contributed by atoms with E-state index in [1.54, 1.807) is 6.07 Å². The van der Waals surface area contributed by atoms with Gasteiger partial charge in [-0.1, -0.05) is 116 Å². The molecule has 5 heteroatoms. The van der Waals surface area contributed by atoms with E-state index in [1.807, 2.05) is 72.9 Å². The first-order chi connectivity index (χ1) is 20.9.